The van der Waals surface area contributed by atoms with E-state index in [1.54, 1.807) is 24.3 Å². The monoisotopic (exact) mass is 509 g/mol. The van der Waals surface area contributed by atoms with E-state index in [0.717, 1.165) is 37.7 Å². The molecule has 1 heterocycles. The van der Waals surface area contributed by atoms with Crippen molar-refractivity contribution in [2.75, 3.05) is 13.1 Å². The van der Waals surface area contributed by atoms with Crippen LogP contribution in [-0.2, 0) is 14.4 Å². The molecule has 2 N–H and O–H groups in total. The second-order valence-electron chi connectivity index (χ2n) is 9.82. The number of rotatable bonds is 7. The summed E-state index contributed by atoms with van der Waals surface area (Å²) >= 11 is 0. The maximum Gasteiger partial charge on any atom is 0.305 e. The van der Waals surface area contributed by atoms with Gasteiger partial charge in [0.15, 0.2) is 6.17 Å². The highest BCUT2D eigenvalue weighted by molar-refractivity contribution is 5.99. The lowest BCUT2D eigenvalue weighted by Gasteiger charge is -2.33. The number of hydrogen-bond acceptors (Lipinski definition) is 4. The molecule has 3 amide bonds. The average molecular weight is 510 g/mol. The zero-order chi connectivity index (χ0) is 26.5. The van der Waals surface area contributed by atoms with Crippen molar-refractivity contribution in [1.29, 1.82) is 0 Å². The van der Waals surface area contributed by atoms with Gasteiger partial charge in [-0.2, -0.15) is 0 Å². The average Bonchev–Trinajstić information content (AvgIpc) is 3.34. The van der Waals surface area contributed by atoms with Crippen LogP contribution in [0.2, 0.25) is 0 Å². The molecule has 0 spiro atoms. The lowest BCUT2D eigenvalue weighted by Crippen LogP contribution is -2.55. The van der Waals surface area contributed by atoms with Crippen molar-refractivity contribution in [1.82, 2.24) is 15.1 Å². The summed E-state index contributed by atoms with van der Waals surface area (Å²) in [6.45, 7) is 2.30. The molecule has 2 aromatic carbocycles. The zero-order valence-corrected chi connectivity index (χ0v) is 20.9. The molecule has 1 saturated carbocycles. The third-order valence-electron chi connectivity index (χ3n) is 7.17. The number of carbonyl (C=O) groups excluding carboxylic acids is 3. The Labute approximate surface area is 215 Å². The van der Waals surface area contributed by atoms with Crippen LogP contribution >= 0.6 is 0 Å². The van der Waals surface area contributed by atoms with Gasteiger partial charge in [0.05, 0.1) is 12.5 Å². The topological polar surface area (TPSA) is 107 Å². The molecule has 9 heteroatoms. The maximum absolute atomic E-state index is 13.7. The number of carbonyl (C=O) groups is 4. The molecule has 2 unspecified atom stereocenters. The standard InChI is InChI=1S/C28H32FN3O5/c1-18-7-9-21(10-8-18)28(37)32-16-15-31(27(36)20-5-3-2-4-6-20)26(32)25(35)30-23(17-24(33)34)19-11-13-22(29)14-12-19/h7-14,20,23,26H,2-6,15-17H2,1H3,(H,30,35)(H,33,34). The van der Waals surface area contributed by atoms with Crippen LogP contribution in [0.3, 0.4) is 0 Å². The number of amides is 3. The van der Waals surface area contributed by atoms with Gasteiger partial charge in [-0.25, -0.2) is 4.39 Å². The summed E-state index contributed by atoms with van der Waals surface area (Å²) in [7, 11) is 0. The fourth-order valence-corrected chi connectivity index (χ4v) is 5.17. The van der Waals surface area contributed by atoms with E-state index in [1.807, 2.05) is 6.92 Å². The van der Waals surface area contributed by atoms with E-state index >= 15 is 0 Å². The Morgan fingerprint density at radius 2 is 1.57 bits per heavy atom. The van der Waals surface area contributed by atoms with Crippen molar-refractivity contribution in [2.24, 2.45) is 5.92 Å². The molecule has 37 heavy (non-hydrogen) atoms. The Hall–Kier alpha value is -3.75. The van der Waals surface area contributed by atoms with Crippen molar-refractivity contribution in [2.45, 2.75) is 57.7 Å². The van der Waals surface area contributed by atoms with E-state index in [9.17, 15) is 28.7 Å². The molecule has 1 aliphatic carbocycles. The number of aliphatic carboxylic acids is 1. The fraction of sp³-hybridized carbons (Fsp3) is 0.429. The first-order valence-corrected chi connectivity index (χ1v) is 12.7. The lowest BCUT2D eigenvalue weighted by atomic mass is 9.88. The highest BCUT2D eigenvalue weighted by Gasteiger charge is 2.45. The maximum atomic E-state index is 13.7. The minimum atomic E-state index is -1.21. The first-order valence-electron chi connectivity index (χ1n) is 12.7. The smallest absolute Gasteiger partial charge is 0.305 e. The zero-order valence-electron chi connectivity index (χ0n) is 20.9. The van der Waals surface area contributed by atoms with Gasteiger partial charge in [-0.05, 0) is 49.6 Å². The summed E-state index contributed by atoms with van der Waals surface area (Å²) in [5, 5.41) is 12.2. The second-order valence-corrected chi connectivity index (χ2v) is 9.82. The van der Waals surface area contributed by atoms with Gasteiger partial charge in [-0.15, -0.1) is 0 Å². The van der Waals surface area contributed by atoms with Crippen LogP contribution in [0.15, 0.2) is 48.5 Å². The molecule has 0 radical (unpaired) electrons. The number of nitrogens with zero attached hydrogens (tertiary/aromatic N) is 2. The van der Waals surface area contributed by atoms with Crippen LogP contribution < -0.4 is 5.32 Å². The minimum Gasteiger partial charge on any atom is -0.481 e. The molecule has 0 bridgehead atoms. The molecule has 2 fully saturated rings. The molecule has 1 saturated heterocycles. The highest BCUT2D eigenvalue weighted by Crippen LogP contribution is 2.29. The van der Waals surface area contributed by atoms with Crippen LogP contribution in [0.5, 0.6) is 0 Å². The Morgan fingerprint density at radius 1 is 0.946 bits per heavy atom. The van der Waals surface area contributed by atoms with E-state index in [2.05, 4.69) is 5.32 Å². The molecule has 8 nitrogen and oxygen atoms in total. The molecule has 4 rings (SSSR count). The van der Waals surface area contributed by atoms with Crippen molar-refractivity contribution < 1.29 is 28.7 Å². The number of halogens is 1. The van der Waals surface area contributed by atoms with Crippen molar-refractivity contribution in [3.05, 3.63) is 71.0 Å². The molecule has 0 aromatic heterocycles. The van der Waals surface area contributed by atoms with E-state index in [1.165, 1.54) is 34.1 Å². The van der Waals surface area contributed by atoms with Crippen molar-refractivity contribution in [3.63, 3.8) is 0 Å². The molecular formula is C28H32FN3O5. The third-order valence-corrected chi connectivity index (χ3v) is 7.17. The first-order chi connectivity index (χ1) is 17.7. The number of aryl methyl sites for hydroxylation is 1. The lowest BCUT2D eigenvalue weighted by molar-refractivity contribution is -0.145. The van der Waals surface area contributed by atoms with Gasteiger partial charge in [0, 0.05) is 24.6 Å². The van der Waals surface area contributed by atoms with Gasteiger partial charge in [0.1, 0.15) is 5.82 Å². The Bertz CT molecular complexity index is 1150. The van der Waals surface area contributed by atoms with Gasteiger partial charge < -0.3 is 20.2 Å². The quantitative estimate of drug-likeness (QED) is 0.593. The number of nitrogens with one attached hydrogen (secondary N) is 1. The van der Waals surface area contributed by atoms with E-state index in [0.29, 0.717) is 11.1 Å². The van der Waals surface area contributed by atoms with Gasteiger partial charge in [0.25, 0.3) is 11.8 Å². The number of benzene rings is 2. The molecule has 2 aromatic rings. The van der Waals surface area contributed by atoms with Crippen LogP contribution in [0, 0.1) is 18.7 Å². The Balaban J connectivity index is 1.63. The second kappa shape index (κ2) is 11.5. The Kier molecular flexibility index (Phi) is 8.21. The summed E-state index contributed by atoms with van der Waals surface area (Å²) in [4.78, 5) is 55.1. The number of carboxylic acids is 1. The summed E-state index contributed by atoms with van der Waals surface area (Å²) in [5.41, 5.74) is 1.80. The van der Waals surface area contributed by atoms with Gasteiger partial charge in [-0.3, -0.25) is 19.2 Å². The molecular weight excluding hydrogens is 477 g/mol. The van der Waals surface area contributed by atoms with Gasteiger partial charge in [-0.1, -0.05) is 49.1 Å². The van der Waals surface area contributed by atoms with Gasteiger partial charge in [0.2, 0.25) is 5.91 Å². The SMILES string of the molecule is Cc1ccc(C(=O)N2CCN(C(=O)C3CCCCC3)C2C(=O)NC(CC(=O)O)c2ccc(F)cc2)cc1. The van der Waals surface area contributed by atoms with E-state index < -0.39 is 36.3 Å². The summed E-state index contributed by atoms with van der Waals surface area (Å²) in [6, 6.07) is 11.2. The summed E-state index contributed by atoms with van der Waals surface area (Å²) in [6.07, 6.45) is 2.79. The first kappa shape index (κ1) is 26.3. The van der Waals surface area contributed by atoms with Crippen molar-refractivity contribution >= 4 is 23.7 Å². The summed E-state index contributed by atoms with van der Waals surface area (Å²) < 4.78 is 13.5. The molecule has 1 aliphatic heterocycles. The van der Waals surface area contributed by atoms with E-state index in [-0.39, 0.29) is 30.8 Å². The minimum absolute atomic E-state index is 0.157. The largest absolute Gasteiger partial charge is 0.481 e. The fourth-order valence-electron chi connectivity index (χ4n) is 5.17. The summed E-state index contributed by atoms with van der Waals surface area (Å²) in [5.74, 6) is -3.02. The number of carboxylic acid groups (broad SMARTS) is 1. The van der Waals surface area contributed by atoms with Crippen LogP contribution in [0.1, 0.15) is 66.1 Å². The molecule has 2 aliphatic rings. The number of hydrogen-bond donors (Lipinski definition) is 2. The van der Waals surface area contributed by atoms with Crippen molar-refractivity contribution in [3.8, 4) is 0 Å². The Morgan fingerprint density at radius 3 is 2.19 bits per heavy atom. The van der Waals surface area contributed by atoms with Crippen LogP contribution in [-0.4, -0.2) is 57.9 Å². The van der Waals surface area contributed by atoms with E-state index in [4.69, 9.17) is 0 Å². The predicted octanol–water partition coefficient (Wildman–Crippen LogP) is 3.66. The van der Waals surface area contributed by atoms with Crippen LogP contribution in [0.4, 0.5) is 4.39 Å². The predicted molar refractivity (Wildman–Crippen MR) is 134 cm³/mol. The third kappa shape index (κ3) is 6.15. The normalized spacial score (nSPS) is 18.9. The highest BCUT2D eigenvalue weighted by atomic mass is 19.1. The molecule has 196 valence electrons. The van der Waals surface area contributed by atoms with Crippen LogP contribution in [0.25, 0.3) is 0 Å². The van der Waals surface area contributed by atoms with Gasteiger partial charge >= 0.3 is 5.97 Å². The molecule has 2 atom stereocenters.